The van der Waals surface area contributed by atoms with Gasteiger partial charge in [-0.25, -0.2) is 0 Å². The van der Waals surface area contributed by atoms with Crippen LogP contribution < -0.4 is 58.2 Å². The first-order valence-electron chi connectivity index (χ1n) is 8.79. The average molecular weight is 385 g/mol. The van der Waals surface area contributed by atoms with Crippen LogP contribution in [0.1, 0.15) is 57.1 Å². The number of hydrogen-bond acceptors (Lipinski definition) is 2. The Kier molecular flexibility index (Phi) is 5.25. The van der Waals surface area contributed by atoms with Crippen LogP contribution in [0.3, 0.4) is 0 Å². The molecule has 0 spiro atoms. The zero-order chi connectivity index (χ0) is 15.6. The smallest absolute Gasteiger partial charge is 0.562 e. The second-order valence-corrected chi connectivity index (χ2v) is 8.36. The molecule has 4 rings (SSSR count). The largest absolute Gasteiger partial charge is 1.00 e. The minimum atomic E-state index is 0. The molecule has 0 bridgehead atoms. The van der Waals surface area contributed by atoms with Crippen LogP contribution in [0.15, 0.2) is 18.2 Å². The number of aromatic hydroxyl groups is 1. The monoisotopic (exact) mass is 384 g/mol. The molecular weight excluding hydrogens is 358 g/mol. The maximum Gasteiger partial charge on any atom is 1.00 e. The van der Waals surface area contributed by atoms with Gasteiger partial charge in [-0.05, 0) is 53.4 Å². The summed E-state index contributed by atoms with van der Waals surface area (Å²) in [5.41, 5.74) is 2.83. The van der Waals surface area contributed by atoms with Crippen molar-refractivity contribution in [3.05, 3.63) is 35.4 Å². The summed E-state index contributed by atoms with van der Waals surface area (Å²) in [6, 6.07) is 5.98. The molecule has 0 saturated heterocycles. The molecule has 1 aromatic carbocycles. The van der Waals surface area contributed by atoms with Gasteiger partial charge in [0.15, 0.2) is 0 Å². The van der Waals surface area contributed by atoms with Crippen LogP contribution in [-0.2, 0) is 6.42 Å². The SMILES string of the molecule is CC1CC2(C)[C-](O)CCC2C2C(C)Cc3cc(O)ccc3C12.[Rb+]. The van der Waals surface area contributed by atoms with Gasteiger partial charge in [-0.2, -0.15) is 12.5 Å². The molecule has 3 aliphatic rings. The molecule has 0 aromatic heterocycles. The first-order chi connectivity index (χ1) is 10.4. The first kappa shape index (κ1) is 18.6. The third kappa shape index (κ3) is 2.75. The molecule has 6 unspecified atom stereocenters. The molecule has 2 fully saturated rings. The van der Waals surface area contributed by atoms with Gasteiger partial charge in [0.05, 0.1) is 0 Å². The van der Waals surface area contributed by atoms with E-state index >= 15 is 0 Å². The van der Waals surface area contributed by atoms with Crippen LogP contribution in [0.25, 0.3) is 0 Å². The van der Waals surface area contributed by atoms with Gasteiger partial charge in [0.1, 0.15) is 5.75 Å². The standard InChI is InChI=1S/C20H27O2.Rb/c1-11-8-13-9-14(21)4-5-15(13)18-12(2)10-20(3)16(19(11)18)6-7-17(20)22;/h4-5,9,11-12,16,18-19,21-22H,6-8,10H2,1-3H3;/q-1;+1. The number of hydrogen-bond donors (Lipinski definition) is 2. The van der Waals surface area contributed by atoms with E-state index < -0.39 is 0 Å². The third-order valence-electron chi connectivity index (χ3n) is 7.09. The number of aliphatic hydroxyl groups is 1. The molecule has 3 heteroatoms. The summed E-state index contributed by atoms with van der Waals surface area (Å²) in [6.07, 6.45) is 4.95. The van der Waals surface area contributed by atoms with Crippen molar-refractivity contribution in [2.75, 3.05) is 0 Å². The van der Waals surface area contributed by atoms with Crippen molar-refractivity contribution >= 4 is 0 Å². The summed E-state index contributed by atoms with van der Waals surface area (Å²) in [5, 5.41) is 20.3. The second kappa shape index (κ2) is 6.50. The van der Waals surface area contributed by atoms with Crippen molar-refractivity contribution in [2.24, 2.45) is 29.1 Å². The Hall–Kier alpha value is 0.785. The van der Waals surface area contributed by atoms with Gasteiger partial charge in [0.25, 0.3) is 0 Å². The van der Waals surface area contributed by atoms with E-state index in [9.17, 15) is 10.2 Å². The zero-order valence-electron chi connectivity index (χ0n) is 14.8. The van der Waals surface area contributed by atoms with E-state index in [1.807, 2.05) is 12.1 Å². The minimum absolute atomic E-state index is 0. The van der Waals surface area contributed by atoms with Crippen LogP contribution >= 0.6 is 0 Å². The average Bonchev–Trinajstić information content (AvgIpc) is 2.74. The van der Waals surface area contributed by atoms with Crippen molar-refractivity contribution in [2.45, 2.75) is 52.4 Å². The summed E-state index contributed by atoms with van der Waals surface area (Å²) in [4.78, 5) is 0. The fourth-order valence-electron chi connectivity index (χ4n) is 6.26. The van der Waals surface area contributed by atoms with Gasteiger partial charge in [-0.1, -0.05) is 45.6 Å². The Balaban J connectivity index is 0.00000156. The fourth-order valence-corrected chi connectivity index (χ4v) is 6.26. The summed E-state index contributed by atoms with van der Waals surface area (Å²) < 4.78 is 0. The van der Waals surface area contributed by atoms with Crippen molar-refractivity contribution in [3.8, 4) is 5.75 Å². The van der Waals surface area contributed by atoms with Crippen molar-refractivity contribution in [1.29, 1.82) is 0 Å². The molecule has 2 nitrogen and oxygen atoms in total. The number of aliphatic hydroxyl groups excluding tert-OH is 1. The van der Waals surface area contributed by atoms with Gasteiger partial charge >= 0.3 is 58.2 Å². The molecule has 0 aliphatic heterocycles. The normalized spacial score (nSPS) is 42.3. The molecule has 1 aromatic rings. The maximum absolute atomic E-state index is 10.5. The predicted octanol–water partition coefficient (Wildman–Crippen LogP) is 1.65. The molecule has 0 radical (unpaired) electrons. The van der Waals surface area contributed by atoms with Crippen LogP contribution in [0, 0.1) is 35.2 Å². The van der Waals surface area contributed by atoms with E-state index in [0.29, 0.717) is 35.3 Å². The number of fused-ring (bicyclic) bond motifs is 5. The summed E-state index contributed by atoms with van der Waals surface area (Å²) in [7, 11) is 0. The molecule has 2 N–H and O–H groups in total. The molecular formula is C20H27O2Rb. The number of phenols is 1. The fraction of sp³-hybridized carbons (Fsp3) is 0.650. The Morgan fingerprint density at radius 1 is 1.22 bits per heavy atom. The molecule has 3 aliphatic carbocycles. The van der Waals surface area contributed by atoms with Gasteiger partial charge in [0, 0.05) is 0 Å². The second-order valence-electron chi connectivity index (χ2n) is 8.36. The van der Waals surface area contributed by atoms with Crippen LogP contribution in [0.4, 0.5) is 0 Å². The molecule has 6 atom stereocenters. The molecule has 23 heavy (non-hydrogen) atoms. The molecule has 0 amide bonds. The van der Waals surface area contributed by atoms with Gasteiger partial charge in [0.2, 0.25) is 0 Å². The summed E-state index contributed by atoms with van der Waals surface area (Å²) >= 11 is 0. The van der Waals surface area contributed by atoms with Crippen molar-refractivity contribution < 1.29 is 68.4 Å². The van der Waals surface area contributed by atoms with Gasteiger partial charge < -0.3 is 10.2 Å². The number of benzene rings is 1. The van der Waals surface area contributed by atoms with E-state index in [1.54, 1.807) is 0 Å². The van der Waals surface area contributed by atoms with E-state index in [-0.39, 0.29) is 63.6 Å². The Morgan fingerprint density at radius 2 is 1.96 bits per heavy atom. The quantitative estimate of drug-likeness (QED) is 0.668. The Morgan fingerprint density at radius 3 is 2.70 bits per heavy atom. The van der Waals surface area contributed by atoms with Crippen LogP contribution in [-0.4, -0.2) is 10.2 Å². The molecule has 0 heterocycles. The minimum Gasteiger partial charge on any atom is -0.562 e. The van der Waals surface area contributed by atoms with Crippen molar-refractivity contribution in [1.82, 2.24) is 0 Å². The number of phenolic OH excluding ortho intramolecular Hbond substituents is 1. The summed E-state index contributed by atoms with van der Waals surface area (Å²) in [6.45, 7) is 7.03. The maximum atomic E-state index is 10.5. The third-order valence-corrected chi connectivity index (χ3v) is 7.09. The van der Waals surface area contributed by atoms with E-state index in [0.717, 1.165) is 31.8 Å². The predicted molar refractivity (Wildman–Crippen MR) is 87.0 cm³/mol. The van der Waals surface area contributed by atoms with E-state index in [4.69, 9.17) is 0 Å². The molecule has 2 saturated carbocycles. The van der Waals surface area contributed by atoms with Gasteiger partial charge in [-0.15, -0.1) is 5.41 Å². The number of rotatable bonds is 0. The zero-order valence-corrected chi connectivity index (χ0v) is 19.8. The van der Waals surface area contributed by atoms with Crippen molar-refractivity contribution in [3.63, 3.8) is 0 Å². The van der Waals surface area contributed by atoms with E-state index in [1.165, 1.54) is 11.1 Å². The van der Waals surface area contributed by atoms with Gasteiger partial charge in [-0.3, -0.25) is 0 Å². The topological polar surface area (TPSA) is 40.5 Å². The Labute approximate surface area is 188 Å². The first-order valence-corrected chi connectivity index (χ1v) is 8.79. The molecule has 120 valence electrons. The Bertz CT molecular complexity index is 601. The summed E-state index contributed by atoms with van der Waals surface area (Å²) in [5.74, 6) is 3.46. The van der Waals surface area contributed by atoms with E-state index in [2.05, 4.69) is 26.8 Å². The van der Waals surface area contributed by atoms with Crippen LogP contribution in [0.2, 0.25) is 0 Å². The van der Waals surface area contributed by atoms with Crippen LogP contribution in [0.5, 0.6) is 5.75 Å².